The normalized spacial score (nSPS) is 11.9. The zero-order chi connectivity index (χ0) is 11.3. The first-order valence-corrected chi connectivity index (χ1v) is 4.86. The highest BCUT2D eigenvalue weighted by molar-refractivity contribution is 5.75. The Morgan fingerprint density at radius 1 is 1.47 bits per heavy atom. The number of hydrogen-bond donors (Lipinski definition) is 2. The molecule has 15 heavy (non-hydrogen) atoms. The van der Waals surface area contributed by atoms with Crippen LogP contribution in [0.25, 0.3) is 0 Å². The SMILES string of the molecule is Cc1cccc(OC(C)CN=C(N)N)c1. The molecule has 0 aliphatic rings. The molecule has 4 nitrogen and oxygen atoms in total. The molecule has 0 saturated carbocycles. The van der Waals surface area contributed by atoms with E-state index in [-0.39, 0.29) is 12.1 Å². The van der Waals surface area contributed by atoms with E-state index in [0.717, 1.165) is 5.75 Å². The molecule has 82 valence electrons. The fourth-order valence-electron chi connectivity index (χ4n) is 1.19. The molecule has 0 heterocycles. The maximum absolute atomic E-state index is 5.63. The number of hydrogen-bond acceptors (Lipinski definition) is 2. The molecule has 0 aliphatic carbocycles. The molecule has 1 unspecified atom stereocenters. The number of benzene rings is 1. The molecule has 0 spiro atoms. The molecule has 0 bridgehead atoms. The second-order valence-electron chi connectivity index (χ2n) is 3.51. The maximum Gasteiger partial charge on any atom is 0.186 e. The molecule has 0 fully saturated rings. The molecule has 1 aromatic carbocycles. The van der Waals surface area contributed by atoms with Crippen LogP contribution < -0.4 is 16.2 Å². The second kappa shape index (κ2) is 5.24. The summed E-state index contributed by atoms with van der Waals surface area (Å²) in [6, 6.07) is 7.87. The van der Waals surface area contributed by atoms with Crippen molar-refractivity contribution in [2.75, 3.05) is 6.54 Å². The Morgan fingerprint density at radius 3 is 2.80 bits per heavy atom. The zero-order valence-corrected chi connectivity index (χ0v) is 9.10. The van der Waals surface area contributed by atoms with Crippen molar-refractivity contribution in [3.8, 4) is 5.75 Å². The van der Waals surface area contributed by atoms with Gasteiger partial charge in [-0.15, -0.1) is 0 Å². The van der Waals surface area contributed by atoms with Crippen LogP contribution in [-0.2, 0) is 0 Å². The van der Waals surface area contributed by atoms with Gasteiger partial charge in [-0.05, 0) is 31.5 Å². The predicted molar refractivity (Wildman–Crippen MR) is 61.9 cm³/mol. The number of nitrogens with two attached hydrogens (primary N) is 2. The molecular formula is C11H17N3O. The maximum atomic E-state index is 5.63. The van der Waals surface area contributed by atoms with Gasteiger partial charge in [0.1, 0.15) is 11.9 Å². The van der Waals surface area contributed by atoms with Gasteiger partial charge in [0.15, 0.2) is 5.96 Å². The third kappa shape index (κ3) is 4.35. The highest BCUT2D eigenvalue weighted by Crippen LogP contribution is 2.14. The lowest BCUT2D eigenvalue weighted by atomic mass is 10.2. The fourth-order valence-corrected chi connectivity index (χ4v) is 1.19. The summed E-state index contributed by atoms with van der Waals surface area (Å²) in [5, 5.41) is 0. The van der Waals surface area contributed by atoms with Gasteiger partial charge in [0, 0.05) is 0 Å². The van der Waals surface area contributed by atoms with Gasteiger partial charge in [-0.1, -0.05) is 12.1 Å². The highest BCUT2D eigenvalue weighted by atomic mass is 16.5. The number of aliphatic imine (C=N–C) groups is 1. The zero-order valence-electron chi connectivity index (χ0n) is 9.10. The van der Waals surface area contributed by atoms with Crippen molar-refractivity contribution >= 4 is 5.96 Å². The Kier molecular flexibility index (Phi) is 3.97. The molecule has 0 saturated heterocycles. The van der Waals surface area contributed by atoms with Gasteiger partial charge in [0.25, 0.3) is 0 Å². The summed E-state index contributed by atoms with van der Waals surface area (Å²) in [7, 11) is 0. The minimum atomic E-state index is -0.0334. The van der Waals surface area contributed by atoms with Crippen LogP contribution >= 0.6 is 0 Å². The number of ether oxygens (including phenoxy) is 1. The van der Waals surface area contributed by atoms with Crippen LogP contribution in [0.2, 0.25) is 0 Å². The van der Waals surface area contributed by atoms with Gasteiger partial charge < -0.3 is 16.2 Å². The number of rotatable bonds is 4. The molecule has 4 N–H and O–H groups in total. The van der Waals surface area contributed by atoms with Crippen molar-refractivity contribution in [3.63, 3.8) is 0 Å². The quantitative estimate of drug-likeness (QED) is 0.572. The van der Waals surface area contributed by atoms with E-state index in [2.05, 4.69) is 4.99 Å². The van der Waals surface area contributed by atoms with E-state index < -0.39 is 0 Å². The van der Waals surface area contributed by atoms with E-state index in [1.165, 1.54) is 5.56 Å². The van der Waals surface area contributed by atoms with E-state index in [0.29, 0.717) is 6.54 Å². The Bertz CT molecular complexity index is 345. The number of nitrogens with zero attached hydrogens (tertiary/aromatic N) is 1. The lowest BCUT2D eigenvalue weighted by Gasteiger charge is -2.12. The summed E-state index contributed by atoms with van der Waals surface area (Å²) in [6.45, 7) is 4.42. The van der Waals surface area contributed by atoms with E-state index in [1.54, 1.807) is 0 Å². The van der Waals surface area contributed by atoms with Crippen LogP contribution in [0.15, 0.2) is 29.3 Å². The molecule has 0 amide bonds. The summed E-state index contributed by atoms with van der Waals surface area (Å²) in [5.74, 6) is 0.933. The van der Waals surface area contributed by atoms with Crippen molar-refractivity contribution in [2.24, 2.45) is 16.5 Å². The topological polar surface area (TPSA) is 73.6 Å². The fraction of sp³-hybridized carbons (Fsp3) is 0.364. The lowest BCUT2D eigenvalue weighted by molar-refractivity contribution is 0.230. The third-order valence-electron chi connectivity index (χ3n) is 1.86. The summed E-state index contributed by atoms with van der Waals surface area (Å²) in [6.07, 6.45) is -0.0334. The Balaban J connectivity index is 2.51. The standard InChI is InChI=1S/C11H17N3O/c1-8-4-3-5-10(6-8)15-9(2)7-14-11(12)13/h3-6,9H,7H2,1-2H3,(H4,12,13,14). The van der Waals surface area contributed by atoms with Crippen molar-refractivity contribution < 1.29 is 4.74 Å². The van der Waals surface area contributed by atoms with Crippen LogP contribution in [0.3, 0.4) is 0 Å². The summed E-state index contributed by atoms with van der Waals surface area (Å²) in [4.78, 5) is 3.89. The van der Waals surface area contributed by atoms with Crippen LogP contribution in [-0.4, -0.2) is 18.6 Å². The van der Waals surface area contributed by atoms with Crippen LogP contribution in [0.4, 0.5) is 0 Å². The van der Waals surface area contributed by atoms with E-state index in [1.807, 2.05) is 38.1 Å². The van der Waals surface area contributed by atoms with Gasteiger partial charge in [0.05, 0.1) is 6.54 Å². The minimum Gasteiger partial charge on any atom is -0.489 e. The van der Waals surface area contributed by atoms with E-state index in [4.69, 9.17) is 16.2 Å². The number of aryl methyl sites for hydroxylation is 1. The van der Waals surface area contributed by atoms with Crippen molar-refractivity contribution in [1.29, 1.82) is 0 Å². The van der Waals surface area contributed by atoms with E-state index >= 15 is 0 Å². The molecule has 0 radical (unpaired) electrons. The Morgan fingerprint density at radius 2 is 2.20 bits per heavy atom. The minimum absolute atomic E-state index is 0.0334. The van der Waals surface area contributed by atoms with Crippen molar-refractivity contribution in [3.05, 3.63) is 29.8 Å². The molecule has 0 aliphatic heterocycles. The molecule has 1 atom stereocenters. The molecule has 1 rings (SSSR count). The molecule has 0 aromatic heterocycles. The molecule has 4 heteroatoms. The molecule has 1 aromatic rings. The predicted octanol–water partition coefficient (Wildman–Crippen LogP) is 1.04. The van der Waals surface area contributed by atoms with Gasteiger partial charge in [-0.3, -0.25) is 0 Å². The smallest absolute Gasteiger partial charge is 0.186 e. The second-order valence-corrected chi connectivity index (χ2v) is 3.51. The highest BCUT2D eigenvalue weighted by Gasteiger charge is 2.02. The number of guanidine groups is 1. The summed E-state index contributed by atoms with van der Waals surface area (Å²) < 4.78 is 5.63. The Labute approximate surface area is 89.9 Å². The van der Waals surface area contributed by atoms with Crippen LogP contribution in [0.1, 0.15) is 12.5 Å². The Hall–Kier alpha value is -1.71. The summed E-state index contributed by atoms with van der Waals surface area (Å²) >= 11 is 0. The van der Waals surface area contributed by atoms with Crippen molar-refractivity contribution in [1.82, 2.24) is 0 Å². The first-order valence-electron chi connectivity index (χ1n) is 4.86. The summed E-state index contributed by atoms with van der Waals surface area (Å²) in [5.41, 5.74) is 11.6. The first-order chi connectivity index (χ1) is 7.08. The largest absolute Gasteiger partial charge is 0.489 e. The van der Waals surface area contributed by atoms with Crippen molar-refractivity contribution in [2.45, 2.75) is 20.0 Å². The monoisotopic (exact) mass is 207 g/mol. The van der Waals surface area contributed by atoms with Gasteiger partial charge in [0.2, 0.25) is 0 Å². The lowest BCUT2D eigenvalue weighted by Crippen LogP contribution is -2.26. The van der Waals surface area contributed by atoms with Gasteiger partial charge >= 0.3 is 0 Å². The van der Waals surface area contributed by atoms with Crippen LogP contribution in [0.5, 0.6) is 5.75 Å². The van der Waals surface area contributed by atoms with Gasteiger partial charge in [-0.2, -0.15) is 0 Å². The average Bonchev–Trinajstić information content (AvgIpc) is 2.15. The van der Waals surface area contributed by atoms with E-state index in [9.17, 15) is 0 Å². The van der Waals surface area contributed by atoms with Crippen LogP contribution in [0, 0.1) is 6.92 Å². The average molecular weight is 207 g/mol. The first kappa shape index (κ1) is 11.4. The molecular weight excluding hydrogens is 190 g/mol. The van der Waals surface area contributed by atoms with Gasteiger partial charge in [-0.25, -0.2) is 4.99 Å². The third-order valence-corrected chi connectivity index (χ3v) is 1.86.